The summed E-state index contributed by atoms with van der Waals surface area (Å²) in [4.78, 5) is 0. The maximum absolute atomic E-state index is 2.48. The van der Waals surface area contributed by atoms with E-state index in [4.69, 9.17) is 0 Å². The molecule has 0 saturated heterocycles. The summed E-state index contributed by atoms with van der Waals surface area (Å²) in [5.74, 6) is 0. The maximum Gasteiger partial charge on any atom is 0.0625 e. The van der Waals surface area contributed by atoms with Crippen LogP contribution in [0.3, 0.4) is 0 Å². The van der Waals surface area contributed by atoms with Gasteiger partial charge in [0.15, 0.2) is 0 Å². The summed E-state index contributed by atoms with van der Waals surface area (Å²) < 4.78 is 2.48. The van der Waals surface area contributed by atoms with Crippen molar-refractivity contribution < 1.29 is 0 Å². The van der Waals surface area contributed by atoms with E-state index in [-0.39, 0.29) is 0 Å². The Morgan fingerprint density at radius 2 is 1.18 bits per heavy atom. The van der Waals surface area contributed by atoms with Crippen molar-refractivity contribution in [3.05, 3.63) is 140 Å². The lowest BCUT2D eigenvalue weighted by molar-refractivity contribution is 1.19. The number of hydrogen-bond donors (Lipinski definition) is 0. The van der Waals surface area contributed by atoms with Gasteiger partial charge in [0.05, 0.1) is 11.0 Å². The second-order valence-electron chi connectivity index (χ2n) is 10.6. The Hall–Kier alpha value is -5.14. The van der Waals surface area contributed by atoms with Crippen molar-refractivity contribution in [3.63, 3.8) is 0 Å². The Morgan fingerprint density at radius 3 is 2.08 bits per heavy atom. The van der Waals surface area contributed by atoms with E-state index in [1.54, 1.807) is 0 Å². The minimum absolute atomic E-state index is 1.19. The van der Waals surface area contributed by atoms with Gasteiger partial charge in [0.25, 0.3) is 0 Å². The van der Waals surface area contributed by atoms with Gasteiger partial charge in [0.2, 0.25) is 0 Å². The number of fused-ring (bicyclic) bond motifs is 8. The Bertz CT molecular complexity index is 2260. The fourth-order valence-electron chi connectivity index (χ4n) is 6.78. The highest BCUT2D eigenvalue weighted by Crippen LogP contribution is 2.51. The van der Waals surface area contributed by atoms with Gasteiger partial charge < -0.3 is 4.57 Å². The van der Waals surface area contributed by atoms with E-state index in [0.29, 0.717) is 0 Å². The molecule has 180 valence electrons. The third-order valence-electron chi connectivity index (χ3n) is 8.49. The maximum atomic E-state index is 2.48. The highest BCUT2D eigenvalue weighted by Gasteiger charge is 2.26. The van der Waals surface area contributed by atoms with Gasteiger partial charge in [-0.1, -0.05) is 115 Å². The Kier molecular flexibility index (Phi) is 4.11. The van der Waals surface area contributed by atoms with Crippen molar-refractivity contribution in [1.82, 2.24) is 4.57 Å². The van der Waals surface area contributed by atoms with Crippen LogP contribution in [0.15, 0.2) is 140 Å². The smallest absolute Gasteiger partial charge is 0.0625 e. The highest BCUT2D eigenvalue weighted by molar-refractivity contribution is 6.24. The normalized spacial score (nSPS) is 12.1. The van der Waals surface area contributed by atoms with Crippen LogP contribution < -0.4 is 0 Å². The van der Waals surface area contributed by atoms with E-state index in [1.165, 1.54) is 82.4 Å². The van der Waals surface area contributed by atoms with E-state index in [9.17, 15) is 0 Å². The Morgan fingerprint density at radius 1 is 0.410 bits per heavy atom. The van der Waals surface area contributed by atoms with Gasteiger partial charge in [0, 0.05) is 22.0 Å². The zero-order chi connectivity index (χ0) is 25.5. The second kappa shape index (κ2) is 7.69. The zero-order valence-corrected chi connectivity index (χ0v) is 21.2. The summed E-state index contributed by atoms with van der Waals surface area (Å²) in [7, 11) is 0. The van der Waals surface area contributed by atoms with Crippen LogP contribution in [0, 0.1) is 0 Å². The number of benzene rings is 7. The van der Waals surface area contributed by atoms with Gasteiger partial charge in [0.1, 0.15) is 0 Å². The van der Waals surface area contributed by atoms with Crippen LogP contribution in [-0.4, -0.2) is 4.57 Å². The van der Waals surface area contributed by atoms with Crippen molar-refractivity contribution in [1.29, 1.82) is 0 Å². The summed E-state index contributed by atoms with van der Waals surface area (Å²) in [5.41, 5.74) is 11.6. The molecule has 1 aliphatic carbocycles. The monoisotopic (exact) mass is 493 g/mol. The standard InChI is InChI=1S/C38H23N/c1-2-8-24(9-3-1)26-16-17-28-23-29(19-18-27(28)22-26)39-35-15-5-4-12-30(35)33-21-20-32-31-13-6-10-25-11-7-14-34(36(25)31)37(32)38(33)39/h1-23H. The van der Waals surface area contributed by atoms with Crippen LogP contribution in [0.1, 0.15) is 0 Å². The SMILES string of the molecule is c1ccc(-c2ccc3cc(-n4c5ccccc5c5ccc6c(c54)-c4cccc5cccc-6c45)ccc3c2)cc1. The van der Waals surface area contributed by atoms with Gasteiger partial charge >= 0.3 is 0 Å². The molecule has 7 aromatic carbocycles. The zero-order valence-electron chi connectivity index (χ0n) is 21.2. The molecule has 8 aromatic rings. The molecule has 9 rings (SSSR count). The van der Waals surface area contributed by atoms with Crippen molar-refractivity contribution in [2.24, 2.45) is 0 Å². The molecule has 0 N–H and O–H groups in total. The number of nitrogens with zero attached hydrogens (tertiary/aromatic N) is 1. The van der Waals surface area contributed by atoms with Gasteiger partial charge in [-0.25, -0.2) is 0 Å². The summed E-state index contributed by atoms with van der Waals surface area (Å²) in [6.45, 7) is 0. The first-order valence-electron chi connectivity index (χ1n) is 13.5. The molecule has 0 saturated carbocycles. The van der Waals surface area contributed by atoms with E-state index in [1.807, 2.05) is 0 Å². The first-order valence-corrected chi connectivity index (χ1v) is 13.5. The molecule has 0 radical (unpaired) electrons. The van der Waals surface area contributed by atoms with E-state index < -0.39 is 0 Å². The van der Waals surface area contributed by atoms with Crippen LogP contribution in [0.4, 0.5) is 0 Å². The molecule has 1 nitrogen and oxygen atoms in total. The molecule has 0 fully saturated rings. The van der Waals surface area contributed by atoms with Crippen molar-refractivity contribution in [3.8, 4) is 39.1 Å². The van der Waals surface area contributed by atoms with Gasteiger partial charge in [-0.3, -0.25) is 0 Å². The molecule has 0 atom stereocenters. The molecule has 0 spiro atoms. The molecule has 1 heteroatoms. The lowest BCUT2D eigenvalue weighted by atomic mass is 10.00. The van der Waals surface area contributed by atoms with Crippen LogP contribution in [0.2, 0.25) is 0 Å². The fraction of sp³-hybridized carbons (Fsp3) is 0. The van der Waals surface area contributed by atoms with Crippen LogP contribution in [0.25, 0.3) is 82.4 Å². The van der Waals surface area contributed by atoms with Crippen molar-refractivity contribution >= 4 is 43.4 Å². The van der Waals surface area contributed by atoms with Crippen molar-refractivity contribution in [2.45, 2.75) is 0 Å². The highest BCUT2D eigenvalue weighted by atomic mass is 15.0. The summed E-state index contributed by atoms with van der Waals surface area (Å²) in [5, 5.41) is 7.76. The minimum atomic E-state index is 1.19. The minimum Gasteiger partial charge on any atom is -0.309 e. The molecular formula is C38H23N. The molecule has 0 bridgehead atoms. The molecular weight excluding hydrogens is 470 g/mol. The quantitative estimate of drug-likeness (QED) is 0.226. The lowest BCUT2D eigenvalue weighted by Crippen LogP contribution is -1.95. The third-order valence-corrected chi connectivity index (χ3v) is 8.49. The molecule has 1 aromatic heterocycles. The summed E-state index contributed by atoms with van der Waals surface area (Å²) >= 11 is 0. The summed E-state index contributed by atoms with van der Waals surface area (Å²) in [6, 6.07) is 51.2. The largest absolute Gasteiger partial charge is 0.309 e. The predicted molar refractivity (Wildman–Crippen MR) is 166 cm³/mol. The molecule has 1 heterocycles. The van der Waals surface area contributed by atoms with Crippen LogP contribution in [-0.2, 0) is 0 Å². The van der Waals surface area contributed by atoms with Crippen molar-refractivity contribution in [2.75, 3.05) is 0 Å². The van der Waals surface area contributed by atoms with E-state index >= 15 is 0 Å². The Labute approximate surface area is 226 Å². The third kappa shape index (κ3) is 2.85. The van der Waals surface area contributed by atoms with Gasteiger partial charge in [-0.05, 0) is 73.6 Å². The average Bonchev–Trinajstić information content (AvgIpc) is 3.51. The predicted octanol–water partition coefficient (Wildman–Crippen LogP) is 10.4. The Balaban J connectivity index is 1.35. The lowest BCUT2D eigenvalue weighted by Gasteiger charge is -2.13. The first kappa shape index (κ1) is 20.9. The molecule has 0 amide bonds. The van der Waals surface area contributed by atoms with Gasteiger partial charge in [-0.2, -0.15) is 0 Å². The van der Waals surface area contributed by atoms with E-state index in [0.717, 1.165) is 0 Å². The van der Waals surface area contributed by atoms with Gasteiger partial charge in [-0.15, -0.1) is 0 Å². The molecule has 39 heavy (non-hydrogen) atoms. The number of para-hydroxylation sites is 1. The second-order valence-corrected chi connectivity index (χ2v) is 10.6. The van der Waals surface area contributed by atoms with E-state index in [2.05, 4.69) is 144 Å². The number of hydrogen-bond acceptors (Lipinski definition) is 0. The number of rotatable bonds is 2. The van der Waals surface area contributed by atoms with Crippen LogP contribution >= 0.6 is 0 Å². The molecule has 1 aliphatic rings. The summed E-state index contributed by atoms with van der Waals surface area (Å²) in [6.07, 6.45) is 0. The molecule has 0 unspecified atom stereocenters. The number of aromatic nitrogens is 1. The first-order chi connectivity index (χ1) is 19.3. The van der Waals surface area contributed by atoms with Crippen LogP contribution in [0.5, 0.6) is 0 Å². The topological polar surface area (TPSA) is 4.93 Å². The fourth-order valence-corrected chi connectivity index (χ4v) is 6.78. The average molecular weight is 494 g/mol. The molecule has 0 aliphatic heterocycles.